The number of hydrogen-bond acceptors (Lipinski definition) is 8. The van der Waals surface area contributed by atoms with Crippen molar-refractivity contribution in [2.45, 2.75) is 6.61 Å². The summed E-state index contributed by atoms with van der Waals surface area (Å²) in [6.07, 6.45) is 0. The lowest BCUT2D eigenvalue weighted by Crippen LogP contribution is -2.11. The molecule has 0 saturated carbocycles. The summed E-state index contributed by atoms with van der Waals surface area (Å²) < 4.78 is 21.9. The van der Waals surface area contributed by atoms with Crippen molar-refractivity contribution < 1.29 is 33.6 Å². The Bertz CT molecular complexity index is 1360. The van der Waals surface area contributed by atoms with Gasteiger partial charge in [0.15, 0.2) is 22.8 Å². The number of fused-ring (bicyclic) bond motifs is 2. The van der Waals surface area contributed by atoms with E-state index < -0.39 is 22.9 Å². The highest BCUT2D eigenvalue weighted by atomic mass is 16.5. The molecule has 0 aliphatic rings. The van der Waals surface area contributed by atoms with Gasteiger partial charge in [0, 0.05) is 0 Å². The van der Waals surface area contributed by atoms with E-state index in [-0.39, 0.29) is 45.6 Å². The number of phenols is 2. The molecule has 2 N–H and O–H groups in total. The van der Waals surface area contributed by atoms with Gasteiger partial charge in [-0.15, -0.1) is 0 Å². The number of phenolic OH excluding ortho intramolecular Hbond substituents is 2. The van der Waals surface area contributed by atoms with Crippen LogP contribution in [0.3, 0.4) is 0 Å². The molecule has 0 aliphatic carbocycles. The van der Waals surface area contributed by atoms with E-state index in [0.29, 0.717) is 0 Å². The summed E-state index contributed by atoms with van der Waals surface area (Å²) in [7, 11) is 2.54. The number of aromatic hydroxyl groups is 2. The van der Waals surface area contributed by atoms with Crippen molar-refractivity contribution in [1.29, 1.82) is 0 Å². The molecule has 0 unspecified atom stereocenters. The van der Waals surface area contributed by atoms with Gasteiger partial charge < -0.3 is 28.8 Å². The van der Waals surface area contributed by atoms with Crippen LogP contribution >= 0.6 is 0 Å². The fourth-order valence-corrected chi connectivity index (χ4v) is 3.34. The third-order valence-electron chi connectivity index (χ3n) is 4.83. The lowest BCUT2D eigenvalue weighted by molar-refractivity contribution is 0.0596. The van der Waals surface area contributed by atoms with Crippen molar-refractivity contribution in [3.05, 3.63) is 69.9 Å². The smallest absolute Gasteiger partial charge is 0.341 e. The highest BCUT2D eigenvalue weighted by molar-refractivity contribution is 6.05. The third-order valence-corrected chi connectivity index (χ3v) is 4.83. The van der Waals surface area contributed by atoms with Crippen LogP contribution in [0.5, 0.6) is 23.0 Å². The van der Waals surface area contributed by atoms with Crippen LogP contribution in [0.2, 0.25) is 0 Å². The third kappa shape index (κ3) is 3.38. The Morgan fingerprint density at radius 2 is 1.77 bits per heavy atom. The summed E-state index contributed by atoms with van der Waals surface area (Å²) in [5, 5.41) is 19.8. The first kappa shape index (κ1) is 20.1. The molecule has 0 spiro atoms. The van der Waals surface area contributed by atoms with Gasteiger partial charge in [0.1, 0.15) is 34.3 Å². The van der Waals surface area contributed by atoms with Crippen LogP contribution in [-0.2, 0) is 11.3 Å². The number of carbonyl (C=O) groups excluding carboxylic acids is 1. The summed E-state index contributed by atoms with van der Waals surface area (Å²) in [5.41, 5.74) is 0.142. The number of methoxy groups -OCH3 is 2. The quantitative estimate of drug-likeness (QED) is 0.284. The fourth-order valence-electron chi connectivity index (χ4n) is 3.34. The zero-order valence-electron chi connectivity index (χ0n) is 16.7. The first-order valence-corrected chi connectivity index (χ1v) is 9.23. The average Bonchev–Trinajstić information content (AvgIpc) is 2.79. The minimum atomic E-state index is -0.709. The Morgan fingerprint density at radius 3 is 2.45 bits per heavy atom. The van der Waals surface area contributed by atoms with E-state index >= 15 is 0 Å². The predicted octanol–water partition coefficient (Wildman–Crippen LogP) is 3.73. The van der Waals surface area contributed by atoms with Crippen LogP contribution in [0.15, 0.2) is 57.7 Å². The predicted molar refractivity (Wildman–Crippen MR) is 112 cm³/mol. The molecule has 1 aromatic heterocycles. The topological polar surface area (TPSA) is 115 Å². The van der Waals surface area contributed by atoms with Crippen molar-refractivity contribution in [3.63, 3.8) is 0 Å². The van der Waals surface area contributed by atoms with Gasteiger partial charge >= 0.3 is 5.97 Å². The highest BCUT2D eigenvalue weighted by Crippen LogP contribution is 2.40. The maximum Gasteiger partial charge on any atom is 0.341 e. The Kier molecular flexibility index (Phi) is 5.12. The van der Waals surface area contributed by atoms with Gasteiger partial charge in [-0.3, -0.25) is 4.79 Å². The second kappa shape index (κ2) is 7.91. The first-order valence-electron chi connectivity index (χ1n) is 9.23. The largest absolute Gasteiger partial charge is 0.504 e. The van der Waals surface area contributed by atoms with E-state index in [2.05, 4.69) is 0 Å². The van der Waals surface area contributed by atoms with E-state index in [1.165, 1.54) is 32.4 Å². The van der Waals surface area contributed by atoms with Crippen LogP contribution in [0.25, 0.3) is 21.9 Å². The van der Waals surface area contributed by atoms with Crippen molar-refractivity contribution >= 4 is 27.9 Å². The summed E-state index contributed by atoms with van der Waals surface area (Å²) in [4.78, 5) is 25.7. The average molecular weight is 422 g/mol. The summed E-state index contributed by atoms with van der Waals surface area (Å²) in [6, 6.07) is 13.1. The number of esters is 1. The van der Waals surface area contributed by atoms with Crippen molar-refractivity contribution in [1.82, 2.24) is 0 Å². The molecule has 0 bridgehead atoms. The van der Waals surface area contributed by atoms with E-state index in [1.54, 1.807) is 0 Å². The zero-order chi connectivity index (χ0) is 22.1. The standard InChI is InChI=1S/C23H18O8/c1-28-21-13(23(27)29-2)10-16(30-11-12-6-4-3-5-7-12)18-20(26)17-15(31-22(18)21)9-8-14(24)19(17)25/h3-10,24-25H,11H2,1-2H3. The van der Waals surface area contributed by atoms with Crippen LogP contribution in [-0.4, -0.2) is 30.4 Å². The Morgan fingerprint density at radius 1 is 1.03 bits per heavy atom. The van der Waals surface area contributed by atoms with Gasteiger partial charge in [-0.2, -0.15) is 0 Å². The van der Waals surface area contributed by atoms with Gasteiger partial charge in [-0.1, -0.05) is 30.3 Å². The molecule has 8 heteroatoms. The summed E-state index contributed by atoms with van der Waals surface area (Å²) >= 11 is 0. The molecule has 4 rings (SSSR count). The SMILES string of the molecule is COC(=O)c1cc(OCc2ccccc2)c2c(=O)c3c(O)c(O)ccc3oc2c1OC. The molecule has 8 nitrogen and oxygen atoms in total. The Hall–Kier alpha value is -4.20. The molecule has 1 heterocycles. The normalized spacial score (nSPS) is 10.9. The Labute approximate surface area is 175 Å². The lowest BCUT2D eigenvalue weighted by atomic mass is 10.1. The molecule has 0 saturated heterocycles. The van der Waals surface area contributed by atoms with Gasteiger partial charge in [0.05, 0.1) is 14.2 Å². The molecular weight excluding hydrogens is 404 g/mol. The second-order valence-corrected chi connectivity index (χ2v) is 6.66. The molecule has 0 radical (unpaired) electrons. The maximum absolute atomic E-state index is 13.3. The van der Waals surface area contributed by atoms with E-state index in [0.717, 1.165) is 5.56 Å². The lowest BCUT2D eigenvalue weighted by Gasteiger charge is -2.15. The van der Waals surface area contributed by atoms with Crippen LogP contribution in [0.1, 0.15) is 15.9 Å². The molecule has 3 aromatic carbocycles. The van der Waals surface area contributed by atoms with Crippen molar-refractivity contribution in [3.8, 4) is 23.0 Å². The molecule has 0 atom stereocenters. The van der Waals surface area contributed by atoms with Crippen LogP contribution in [0, 0.1) is 0 Å². The molecular formula is C23H18O8. The molecule has 31 heavy (non-hydrogen) atoms. The number of ether oxygens (including phenoxy) is 3. The number of hydrogen-bond donors (Lipinski definition) is 2. The second-order valence-electron chi connectivity index (χ2n) is 6.66. The monoisotopic (exact) mass is 422 g/mol. The molecule has 158 valence electrons. The minimum absolute atomic E-state index is 0.00197. The van der Waals surface area contributed by atoms with Gasteiger partial charge in [-0.25, -0.2) is 4.79 Å². The van der Waals surface area contributed by atoms with Gasteiger partial charge in [0.25, 0.3) is 0 Å². The molecule has 0 amide bonds. The van der Waals surface area contributed by atoms with E-state index in [9.17, 15) is 19.8 Å². The molecule has 0 fully saturated rings. The van der Waals surface area contributed by atoms with Crippen molar-refractivity contribution in [2.24, 2.45) is 0 Å². The fraction of sp³-hybridized carbons (Fsp3) is 0.130. The highest BCUT2D eigenvalue weighted by Gasteiger charge is 2.26. The molecule has 4 aromatic rings. The van der Waals surface area contributed by atoms with Gasteiger partial charge in [-0.05, 0) is 23.8 Å². The summed E-state index contributed by atoms with van der Waals surface area (Å²) in [5.74, 6) is -1.76. The van der Waals surface area contributed by atoms with Crippen molar-refractivity contribution in [2.75, 3.05) is 14.2 Å². The zero-order valence-corrected chi connectivity index (χ0v) is 16.7. The minimum Gasteiger partial charge on any atom is -0.504 e. The number of carbonyl (C=O) groups is 1. The number of rotatable bonds is 5. The van der Waals surface area contributed by atoms with Crippen LogP contribution in [0.4, 0.5) is 0 Å². The first-order chi connectivity index (χ1) is 15.0. The number of benzene rings is 3. The van der Waals surface area contributed by atoms with E-state index in [4.69, 9.17) is 18.6 Å². The van der Waals surface area contributed by atoms with Gasteiger partial charge in [0.2, 0.25) is 5.43 Å². The maximum atomic E-state index is 13.3. The molecule has 0 aliphatic heterocycles. The Balaban J connectivity index is 2.05. The van der Waals surface area contributed by atoms with E-state index in [1.807, 2.05) is 30.3 Å². The van der Waals surface area contributed by atoms with Crippen LogP contribution < -0.4 is 14.9 Å². The summed E-state index contributed by atoms with van der Waals surface area (Å²) in [6.45, 7) is 0.104.